The van der Waals surface area contributed by atoms with E-state index >= 15 is 0 Å². The molecule has 0 unspecified atom stereocenters. The Kier molecular flexibility index (Phi) is 2.82. The van der Waals surface area contributed by atoms with Crippen LogP contribution >= 0.6 is 0 Å². The summed E-state index contributed by atoms with van der Waals surface area (Å²) in [4.78, 5) is 11.4. The highest BCUT2D eigenvalue weighted by atomic mass is 16.4. The van der Waals surface area contributed by atoms with Crippen molar-refractivity contribution in [1.29, 1.82) is 0 Å². The second-order valence-corrected chi connectivity index (χ2v) is 4.30. The standard InChI is InChI=1S/C14H16O2/c1-4-5-11-8-13(15)16-12-7-9(2)6-10(3)14(11)12/h6-8H,4-5H2,1-3H3. The first kappa shape index (κ1) is 10.9. The van der Waals surface area contributed by atoms with Gasteiger partial charge in [0.1, 0.15) is 5.58 Å². The molecule has 2 aromatic rings. The molecule has 0 atom stereocenters. The summed E-state index contributed by atoms with van der Waals surface area (Å²) in [5.41, 5.74) is 3.88. The number of hydrogen-bond donors (Lipinski definition) is 0. The lowest BCUT2D eigenvalue weighted by molar-refractivity contribution is 0.558. The molecule has 0 N–H and O–H groups in total. The third-order valence-electron chi connectivity index (χ3n) is 2.79. The Morgan fingerprint density at radius 1 is 1.19 bits per heavy atom. The van der Waals surface area contributed by atoms with Gasteiger partial charge < -0.3 is 4.42 Å². The minimum atomic E-state index is -0.249. The quantitative estimate of drug-likeness (QED) is 0.720. The molecular weight excluding hydrogens is 200 g/mol. The van der Waals surface area contributed by atoms with Crippen molar-refractivity contribution in [3.8, 4) is 0 Å². The Morgan fingerprint density at radius 3 is 2.62 bits per heavy atom. The minimum Gasteiger partial charge on any atom is -0.423 e. The maximum atomic E-state index is 11.4. The molecule has 2 rings (SSSR count). The van der Waals surface area contributed by atoms with Crippen molar-refractivity contribution in [1.82, 2.24) is 0 Å². The summed E-state index contributed by atoms with van der Waals surface area (Å²) >= 11 is 0. The predicted octanol–water partition coefficient (Wildman–Crippen LogP) is 3.36. The molecule has 2 nitrogen and oxygen atoms in total. The van der Waals surface area contributed by atoms with E-state index in [9.17, 15) is 4.79 Å². The summed E-state index contributed by atoms with van der Waals surface area (Å²) in [6.45, 7) is 6.19. The highest BCUT2D eigenvalue weighted by Gasteiger charge is 2.08. The summed E-state index contributed by atoms with van der Waals surface area (Å²) in [6.07, 6.45) is 1.96. The van der Waals surface area contributed by atoms with E-state index in [4.69, 9.17) is 4.42 Å². The molecule has 1 aromatic carbocycles. The molecule has 0 bridgehead atoms. The molecule has 1 heterocycles. The Hall–Kier alpha value is -1.57. The fourth-order valence-electron chi connectivity index (χ4n) is 2.24. The van der Waals surface area contributed by atoms with E-state index in [0.717, 1.165) is 29.4 Å². The molecule has 0 aliphatic heterocycles. The smallest absolute Gasteiger partial charge is 0.336 e. The summed E-state index contributed by atoms with van der Waals surface area (Å²) in [6, 6.07) is 5.68. The average molecular weight is 216 g/mol. The maximum absolute atomic E-state index is 11.4. The van der Waals surface area contributed by atoms with Crippen molar-refractivity contribution in [3.05, 3.63) is 45.3 Å². The van der Waals surface area contributed by atoms with E-state index in [0.29, 0.717) is 5.58 Å². The van der Waals surface area contributed by atoms with Gasteiger partial charge in [-0.1, -0.05) is 19.4 Å². The fourth-order valence-corrected chi connectivity index (χ4v) is 2.24. The normalized spacial score (nSPS) is 10.9. The minimum absolute atomic E-state index is 0.249. The van der Waals surface area contributed by atoms with E-state index in [1.54, 1.807) is 6.07 Å². The predicted molar refractivity (Wildman–Crippen MR) is 66.0 cm³/mol. The lowest BCUT2D eigenvalue weighted by Crippen LogP contribution is -2.01. The van der Waals surface area contributed by atoms with Crippen LogP contribution in [-0.2, 0) is 6.42 Å². The first-order valence-corrected chi connectivity index (χ1v) is 5.66. The van der Waals surface area contributed by atoms with Crippen LogP contribution in [0.25, 0.3) is 11.0 Å². The van der Waals surface area contributed by atoms with Crippen LogP contribution in [0, 0.1) is 13.8 Å². The van der Waals surface area contributed by atoms with E-state index in [-0.39, 0.29) is 5.63 Å². The zero-order valence-electron chi connectivity index (χ0n) is 9.96. The maximum Gasteiger partial charge on any atom is 0.336 e. The Bertz CT molecular complexity index is 579. The van der Waals surface area contributed by atoms with Crippen LogP contribution in [0.2, 0.25) is 0 Å². The topological polar surface area (TPSA) is 30.2 Å². The molecule has 0 saturated heterocycles. The lowest BCUT2D eigenvalue weighted by Gasteiger charge is -2.08. The summed E-state index contributed by atoms with van der Waals surface area (Å²) in [5, 5.41) is 1.10. The van der Waals surface area contributed by atoms with Crippen LogP contribution in [0.4, 0.5) is 0 Å². The Labute approximate surface area is 94.9 Å². The molecule has 16 heavy (non-hydrogen) atoms. The molecule has 0 aliphatic carbocycles. The van der Waals surface area contributed by atoms with E-state index in [1.807, 2.05) is 13.0 Å². The number of benzene rings is 1. The molecule has 1 aromatic heterocycles. The van der Waals surface area contributed by atoms with E-state index < -0.39 is 0 Å². The van der Waals surface area contributed by atoms with Crippen molar-refractivity contribution in [3.63, 3.8) is 0 Å². The first-order valence-electron chi connectivity index (χ1n) is 5.66. The van der Waals surface area contributed by atoms with Crippen LogP contribution in [-0.4, -0.2) is 0 Å². The van der Waals surface area contributed by atoms with Crippen molar-refractivity contribution in [2.24, 2.45) is 0 Å². The van der Waals surface area contributed by atoms with Crippen molar-refractivity contribution >= 4 is 11.0 Å². The third kappa shape index (κ3) is 1.87. The molecular formula is C14H16O2. The van der Waals surface area contributed by atoms with Crippen LogP contribution in [0.1, 0.15) is 30.0 Å². The average Bonchev–Trinajstić information content (AvgIpc) is 2.15. The molecule has 84 valence electrons. The van der Waals surface area contributed by atoms with Crippen LogP contribution < -0.4 is 5.63 Å². The second-order valence-electron chi connectivity index (χ2n) is 4.30. The monoisotopic (exact) mass is 216 g/mol. The van der Waals surface area contributed by atoms with Crippen molar-refractivity contribution in [2.75, 3.05) is 0 Å². The van der Waals surface area contributed by atoms with Gasteiger partial charge in [-0.25, -0.2) is 4.79 Å². The molecule has 0 amide bonds. The van der Waals surface area contributed by atoms with Crippen LogP contribution in [0.5, 0.6) is 0 Å². The molecule has 0 radical (unpaired) electrons. The van der Waals surface area contributed by atoms with Gasteiger partial charge in [-0.05, 0) is 43.0 Å². The summed E-state index contributed by atoms with van der Waals surface area (Å²) in [7, 11) is 0. The first-order chi connectivity index (χ1) is 7.61. The molecule has 0 fully saturated rings. The zero-order valence-corrected chi connectivity index (χ0v) is 9.96. The van der Waals surface area contributed by atoms with Crippen molar-refractivity contribution in [2.45, 2.75) is 33.6 Å². The fraction of sp³-hybridized carbons (Fsp3) is 0.357. The van der Waals surface area contributed by atoms with Crippen molar-refractivity contribution < 1.29 is 4.42 Å². The molecule has 0 aliphatic rings. The van der Waals surface area contributed by atoms with Gasteiger partial charge in [0.25, 0.3) is 0 Å². The highest BCUT2D eigenvalue weighted by Crippen LogP contribution is 2.23. The Morgan fingerprint density at radius 2 is 1.94 bits per heavy atom. The zero-order chi connectivity index (χ0) is 11.7. The summed E-state index contributed by atoms with van der Waals surface area (Å²) < 4.78 is 5.25. The van der Waals surface area contributed by atoms with Gasteiger partial charge in [-0.2, -0.15) is 0 Å². The third-order valence-corrected chi connectivity index (χ3v) is 2.79. The van der Waals surface area contributed by atoms with E-state index in [2.05, 4.69) is 19.9 Å². The van der Waals surface area contributed by atoms with Gasteiger partial charge in [0.2, 0.25) is 0 Å². The highest BCUT2D eigenvalue weighted by molar-refractivity contribution is 5.84. The van der Waals surface area contributed by atoms with Gasteiger partial charge in [0, 0.05) is 11.5 Å². The molecule has 0 saturated carbocycles. The lowest BCUT2D eigenvalue weighted by atomic mass is 10.00. The Balaban J connectivity index is 2.84. The number of rotatable bonds is 2. The molecule has 2 heteroatoms. The van der Waals surface area contributed by atoms with Crippen LogP contribution in [0.3, 0.4) is 0 Å². The van der Waals surface area contributed by atoms with Gasteiger partial charge in [-0.3, -0.25) is 0 Å². The SMILES string of the molecule is CCCc1cc(=O)oc2cc(C)cc(C)c12. The van der Waals surface area contributed by atoms with Gasteiger partial charge >= 0.3 is 5.63 Å². The summed E-state index contributed by atoms with van der Waals surface area (Å²) in [5.74, 6) is 0. The largest absolute Gasteiger partial charge is 0.423 e. The van der Waals surface area contributed by atoms with Gasteiger partial charge in [0.05, 0.1) is 0 Å². The number of hydrogen-bond acceptors (Lipinski definition) is 2. The van der Waals surface area contributed by atoms with Crippen LogP contribution in [0.15, 0.2) is 27.4 Å². The van der Waals surface area contributed by atoms with Gasteiger partial charge in [0.15, 0.2) is 0 Å². The number of aryl methyl sites for hydroxylation is 3. The second kappa shape index (κ2) is 4.12. The van der Waals surface area contributed by atoms with E-state index in [1.165, 1.54) is 5.56 Å². The molecule has 0 spiro atoms. The number of fused-ring (bicyclic) bond motifs is 1. The van der Waals surface area contributed by atoms with Gasteiger partial charge in [-0.15, -0.1) is 0 Å².